The van der Waals surface area contributed by atoms with E-state index >= 15 is 0 Å². The van der Waals surface area contributed by atoms with Crippen molar-refractivity contribution >= 4 is 17.8 Å². The number of hydrogen-bond acceptors (Lipinski definition) is 6. The summed E-state index contributed by atoms with van der Waals surface area (Å²) in [6.07, 6.45) is -3.01. The van der Waals surface area contributed by atoms with Gasteiger partial charge in [0.2, 0.25) is 0 Å². The third-order valence-corrected chi connectivity index (χ3v) is 5.12. The zero-order chi connectivity index (χ0) is 28.5. The average molecular weight is 538 g/mol. The third kappa shape index (κ3) is 10.1. The first kappa shape index (κ1) is 30.8. The van der Waals surface area contributed by atoms with Gasteiger partial charge in [0.1, 0.15) is 17.0 Å². The van der Waals surface area contributed by atoms with Gasteiger partial charge in [-0.2, -0.15) is 8.78 Å². The Morgan fingerprint density at radius 2 is 1.61 bits per heavy atom. The lowest BCUT2D eigenvalue weighted by Crippen LogP contribution is -2.48. The van der Waals surface area contributed by atoms with Crippen LogP contribution in [0.2, 0.25) is 0 Å². The predicted molar refractivity (Wildman–Crippen MR) is 136 cm³/mol. The number of amides is 2. The van der Waals surface area contributed by atoms with E-state index < -0.39 is 42.5 Å². The summed E-state index contributed by atoms with van der Waals surface area (Å²) in [7, 11) is 0. The van der Waals surface area contributed by atoms with Gasteiger partial charge in [0, 0.05) is 31.1 Å². The third-order valence-electron chi connectivity index (χ3n) is 5.12. The summed E-state index contributed by atoms with van der Waals surface area (Å²) in [5.41, 5.74) is 0.281. The Morgan fingerprint density at radius 1 is 0.974 bits per heavy atom. The highest BCUT2D eigenvalue weighted by Crippen LogP contribution is 2.29. The fourth-order valence-electron chi connectivity index (χ4n) is 3.47. The van der Waals surface area contributed by atoms with Gasteiger partial charge in [-0.15, -0.1) is 0 Å². The van der Waals surface area contributed by atoms with Crippen molar-refractivity contribution < 1.29 is 37.0 Å². The number of carbonyl (C=O) groups excluding carboxylic acids is 3. The number of ether oxygens (including phenoxy) is 2. The number of benzene rings is 1. The second-order valence-corrected chi connectivity index (χ2v) is 10.0. The second kappa shape index (κ2) is 13.4. The van der Waals surface area contributed by atoms with Gasteiger partial charge >= 0.3 is 12.5 Å². The molecule has 38 heavy (non-hydrogen) atoms. The summed E-state index contributed by atoms with van der Waals surface area (Å²) in [5.74, 6) is -1.71. The van der Waals surface area contributed by atoms with Gasteiger partial charge in [0.05, 0.1) is 12.8 Å². The fraction of sp³-hybridized carbons (Fsp3) is 0.481. The van der Waals surface area contributed by atoms with Crippen LogP contribution in [0.25, 0.3) is 11.1 Å². The highest BCUT2D eigenvalue weighted by Gasteiger charge is 2.29. The number of rotatable bonds is 12. The molecule has 0 saturated carbocycles. The molecule has 2 aromatic rings. The summed E-state index contributed by atoms with van der Waals surface area (Å²) >= 11 is 0. The summed E-state index contributed by atoms with van der Waals surface area (Å²) in [5, 5.41) is 4.63. The van der Waals surface area contributed by atoms with Crippen molar-refractivity contribution in [2.75, 3.05) is 13.2 Å². The molecule has 1 aromatic heterocycles. The van der Waals surface area contributed by atoms with Crippen LogP contribution in [0, 0.1) is 0 Å². The van der Waals surface area contributed by atoms with Crippen LogP contribution in [0.3, 0.4) is 0 Å². The molecule has 1 aromatic carbocycles. The Labute approximate surface area is 220 Å². The van der Waals surface area contributed by atoms with E-state index in [1.165, 1.54) is 13.8 Å². The number of hydrogen-bond donors (Lipinski definition) is 2. The van der Waals surface area contributed by atoms with Crippen molar-refractivity contribution in [2.45, 2.75) is 71.3 Å². The lowest BCUT2D eigenvalue weighted by Gasteiger charge is -2.31. The number of nitrogens with zero attached hydrogens (tertiary/aromatic N) is 1. The van der Waals surface area contributed by atoms with E-state index in [2.05, 4.69) is 15.6 Å². The molecule has 2 rings (SSSR count). The van der Waals surface area contributed by atoms with Gasteiger partial charge in [-0.3, -0.25) is 19.0 Å². The molecule has 8 nitrogen and oxygen atoms in total. The lowest BCUT2D eigenvalue weighted by atomic mass is 10.0. The van der Waals surface area contributed by atoms with Crippen molar-refractivity contribution in [1.82, 2.24) is 15.6 Å². The largest absolute Gasteiger partial charge is 0.444 e. The molecule has 11 heteroatoms. The second-order valence-electron chi connectivity index (χ2n) is 10.0. The van der Waals surface area contributed by atoms with Crippen LogP contribution < -0.4 is 10.6 Å². The molecule has 0 aliphatic rings. The van der Waals surface area contributed by atoms with Crippen LogP contribution in [-0.4, -0.2) is 53.7 Å². The van der Waals surface area contributed by atoms with Crippen molar-refractivity contribution in [3.63, 3.8) is 0 Å². The first-order chi connectivity index (χ1) is 17.7. The normalized spacial score (nSPS) is 12.7. The molecule has 0 spiro atoms. The van der Waals surface area contributed by atoms with Crippen LogP contribution in [0.15, 0.2) is 42.6 Å². The maximum atomic E-state index is 13.2. The van der Waals surface area contributed by atoms with Crippen molar-refractivity contribution in [3.05, 3.63) is 53.9 Å². The average Bonchev–Trinajstić information content (AvgIpc) is 2.82. The van der Waals surface area contributed by atoms with Crippen LogP contribution >= 0.6 is 0 Å². The Morgan fingerprint density at radius 3 is 2.13 bits per heavy atom. The number of Topliss-reactive ketones (excluding diaryl/α,β-unsaturated/α-hetero) is 1. The number of pyridine rings is 1. The summed E-state index contributed by atoms with van der Waals surface area (Å²) < 4.78 is 49.3. The van der Waals surface area contributed by atoms with E-state index in [1.54, 1.807) is 63.4 Å². The zero-order valence-corrected chi connectivity index (χ0v) is 22.1. The standard InChI is InChI=1S/C27H34F3N3O5/c1-26(2,3)38-25(36)31-15-13-21(34)20-11-10-19(16-32-20)17-6-8-18(9-7-17)22(12-14-28)37-27(4,5)33-24(35)23(29)30/h6-11,16,22-23H,12-15H2,1-5H3,(H,31,36)(H,33,35). The quantitative estimate of drug-likeness (QED) is 0.278. The molecule has 0 aliphatic heterocycles. The first-order valence-corrected chi connectivity index (χ1v) is 12.1. The molecule has 0 fully saturated rings. The Balaban J connectivity index is 2.01. The van der Waals surface area contributed by atoms with Crippen LogP contribution in [0.4, 0.5) is 18.0 Å². The lowest BCUT2D eigenvalue weighted by molar-refractivity contribution is -0.148. The Bertz CT molecular complexity index is 1080. The monoisotopic (exact) mass is 537 g/mol. The van der Waals surface area contributed by atoms with Crippen molar-refractivity contribution in [1.29, 1.82) is 0 Å². The minimum absolute atomic E-state index is 0.0333. The molecule has 1 atom stereocenters. The van der Waals surface area contributed by atoms with Crippen molar-refractivity contribution in [2.24, 2.45) is 0 Å². The molecular formula is C27H34F3N3O5. The van der Waals surface area contributed by atoms with Gasteiger partial charge in [-0.05, 0) is 51.8 Å². The summed E-state index contributed by atoms with van der Waals surface area (Å²) in [6, 6.07) is 10.3. The smallest absolute Gasteiger partial charge is 0.407 e. The Hall–Kier alpha value is -3.47. The zero-order valence-electron chi connectivity index (χ0n) is 22.1. The van der Waals surface area contributed by atoms with E-state index in [1.807, 2.05) is 0 Å². The van der Waals surface area contributed by atoms with Crippen LogP contribution in [0.5, 0.6) is 0 Å². The van der Waals surface area contributed by atoms with Crippen molar-refractivity contribution in [3.8, 4) is 11.1 Å². The molecule has 2 amide bonds. The van der Waals surface area contributed by atoms with Gasteiger partial charge in [-0.1, -0.05) is 30.3 Å². The van der Waals surface area contributed by atoms with E-state index in [9.17, 15) is 27.6 Å². The van der Waals surface area contributed by atoms with Gasteiger partial charge in [0.15, 0.2) is 5.78 Å². The molecule has 0 bridgehead atoms. The molecule has 0 aliphatic carbocycles. The SMILES string of the molecule is CC(C)(C)OC(=O)NCCC(=O)c1ccc(-c2ccc(C(CCF)OC(C)(C)NC(=O)C(F)F)cc2)cn1. The number of halogens is 3. The maximum absolute atomic E-state index is 13.2. The maximum Gasteiger partial charge on any atom is 0.407 e. The van der Waals surface area contributed by atoms with Crippen LogP contribution in [-0.2, 0) is 14.3 Å². The number of nitrogens with one attached hydrogen (secondary N) is 2. The number of ketones is 1. The molecule has 1 unspecified atom stereocenters. The number of aromatic nitrogens is 1. The fourth-order valence-corrected chi connectivity index (χ4v) is 3.47. The van der Waals surface area contributed by atoms with E-state index in [0.29, 0.717) is 5.56 Å². The first-order valence-electron chi connectivity index (χ1n) is 12.1. The molecule has 0 saturated heterocycles. The minimum atomic E-state index is -3.19. The van der Waals surface area contributed by atoms with E-state index in [0.717, 1.165) is 11.1 Å². The number of carbonyl (C=O) groups is 3. The predicted octanol–water partition coefficient (Wildman–Crippen LogP) is 5.38. The molecule has 1 heterocycles. The van der Waals surface area contributed by atoms with E-state index in [-0.39, 0.29) is 30.9 Å². The van der Waals surface area contributed by atoms with Gasteiger partial charge in [-0.25, -0.2) is 4.79 Å². The molecular weight excluding hydrogens is 503 g/mol. The van der Waals surface area contributed by atoms with Gasteiger partial charge < -0.3 is 20.1 Å². The number of alkyl carbamates (subject to hydrolysis) is 1. The topological polar surface area (TPSA) is 107 Å². The number of alkyl halides is 3. The summed E-state index contributed by atoms with van der Waals surface area (Å²) in [6.45, 7) is 7.46. The highest BCUT2D eigenvalue weighted by atomic mass is 19.3. The molecule has 208 valence electrons. The van der Waals surface area contributed by atoms with Crippen LogP contribution in [0.1, 0.15) is 69.6 Å². The minimum Gasteiger partial charge on any atom is -0.444 e. The molecule has 0 radical (unpaired) electrons. The van der Waals surface area contributed by atoms with Gasteiger partial charge in [0.25, 0.3) is 5.91 Å². The highest BCUT2D eigenvalue weighted by molar-refractivity contribution is 5.94. The summed E-state index contributed by atoms with van der Waals surface area (Å²) in [4.78, 5) is 39.7. The molecule has 2 N–H and O–H groups in total. The van der Waals surface area contributed by atoms with E-state index in [4.69, 9.17) is 9.47 Å². The Kier molecular flexibility index (Phi) is 10.8.